The molecule has 0 radical (unpaired) electrons. The first-order chi connectivity index (χ1) is 18.1. The maximum Gasteiger partial charge on any atom is 0.255 e. The fraction of sp³-hybridized carbons (Fsp3) is 0.419. The van der Waals surface area contributed by atoms with Crippen molar-refractivity contribution in [3.63, 3.8) is 0 Å². The van der Waals surface area contributed by atoms with E-state index in [1.165, 1.54) is 7.11 Å². The summed E-state index contributed by atoms with van der Waals surface area (Å²) in [4.78, 5) is 28.3. The molecule has 202 valence electrons. The summed E-state index contributed by atoms with van der Waals surface area (Å²) in [7, 11) is 3.08. The van der Waals surface area contributed by atoms with Gasteiger partial charge in [-0.3, -0.25) is 9.59 Å². The lowest BCUT2D eigenvalue weighted by atomic mass is 9.81. The molecule has 7 heteroatoms. The highest BCUT2D eigenvalue weighted by atomic mass is 16.5. The molecule has 0 bridgehead atoms. The number of carbonyl (C=O) groups excluding carboxylic acids is 2. The van der Waals surface area contributed by atoms with Crippen molar-refractivity contribution in [1.82, 2.24) is 15.5 Å². The van der Waals surface area contributed by atoms with Gasteiger partial charge in [0.1, 0.15) is 0 Å². The zero-order valence-corrected chi connectivity index (χ0v) is 23.0. The van der Waals surface area contributed by atoms with Gasteiger partial charge in [0.15, 0.2) is 11.5 Å². The Balaban J connectivity index is 1.35. The third-order valence-corrected chi connectivity index (χ3v) is 6.96. The van der Waals surface area contributed by atoms with E-state index in [2.05, 4.69) is 48.5 Å². The predicted octanol–water partition coefficient (Wildman–Crippen LogP) is 4.80. The van der Waals surface area contributed by atoms with Crippen LogP contribution in [0, 0.1) is 17.3 Å². The minimum Gasteiger partial charge on any atom is -0.493 e. The van der Waals surface area contributed by atoms with E-state index in [0.717, 1.165) is 37.3 Å². The summed E-state index contributed by atoms with van der Waals surface area (Å²) in [5.74, 6) is 1.60. The van der Waals surface area contributed by atoms with Crippen LogP contribution in [0.25, 0.3) is 0 Å². The van der Waals surface area contributed by atoms with Crippen molar-refractivity contribution >= 4 is 11.8 Å². The van der Waals surface area contributed by atoms with Gasteiger partial charge >= 0.3 is 0 Å². The quantitative estimate of drug-likeness (QED) is 0.526. The molecule has 2 N–H and O–H groups in total. The van der Waals surface area contributed by atoms with Gasteiger partial charge in [0.25, 0.3) is 11.8 Å². The average Bonchev–Trinajstić information content (AvgIpc) is 2.90. The molecule has 2 aromatic rings. The minimum atomic E-state index is -0.235. The van der Waals surface area contributed by atoms with Crippen LogP contribution in [0.1, 0.15) is 53.5 Å². The molecule has 38 heavy (non-hydrogen) atoms. The van der Waals surface area contributed by atoms with E-state index in [-0.39, 0.29) is 17.2 Å². The Bertz CT molecular complexity index is 1230. The SMILES string of the molecule is COc1ccc(C(=O)NCc2cccc(C(=O)NC3=CC4CN(CC(C)(C)C)CCC4C=C3)c2)cc1OC. The molecule has 2 amide bonds. The molecular formula is C31H39N3O4. The topological polar surface area (TPSA) is 79.9 Å². The third kappa shape index (κ3) is 7.04. The molecule has 2 atom stereocenters. The van der Waals surface area contributed by atoms with Crippen molar-refractivity contribution in [2.45, 2.75) is 33.7 Å². The Morgan fingerprint density at radius 1 is 0.974 bits per heavy atom. The first-order valence-electron chi connectivity index (χ1n) is 13.2. The lowest BCUT2D eigenvalue weighted by Gasteiger charge is -2.40. The van der Waals surface area contributed by atoms with Crippen LogP contribution in [0.5, 0.6) is 11.5 Å². The number of nitrogens with one attached hydrogen (secondary N) is 2. The Hall–Kier alpha value is -3.58. The molecule has 0 saturated carbocycles. The van der Waals surface area contributed by atoms with Crippen molar-refractivity contribution in [3.05, 3.63) is 83.1 Å². The summed E-state index contributed by atoms with van der Waals surface area (Å²) >= 11 is 0. The maximum absolute atomic E-state index is 13.1. The first-order valence-corrected chi connectivity index (χ1v) is 13.2. The summed E-state index contributed by atoms with van der Waals surface area (Å²) in [6.07, 6.45) is 7.64. The van der Waals surface area contributed by atoms with Gasteiger partial charge < -0.3 is 25.0 Å². The minimum absolute atomic E-state index is 0.158. The number of nitrogens with zero attached hydrogens (tertiary/aromatic N) is 1. The Morgan fingerprint density at radius 3 is 2.47 bits per heavy atom. The van der Waals surface area contributed by atoms with Crippen molar-refractivity contribution in [3.8, 4) is 11.5 Å². The third-order valence-electron chi connectivity index (χ3n) is 6.96. The number of methoxy groups -OCH3 is 2. The highest BCUT2D eigenvalue weighted by molar-refractivity contribution is 5.96. The molecule has 1 fully saturated rings. The van der Waals surface area contributed by atoms with Gasteiger partial charge in [0.2, 0.25) is 0 Å². The number of fused-ring (bicyclic) bond motifs is 1. The maximum atomic E-state index is 13.1. The molecule has 7 nitrogen and oxygen atoms in total. The van der Waals surface area contributed by atoms with Crippen molar-refractivity contribution in [2.75, 3.05) is 33.9 Å². The number of hydrogen-bond acceptors (Lipinski definition) is 5. The first kappa shape index (κ1) is 27.5. The normalized spacial score (nSPS) is 19.2. The number of amides is 2. The van der Waals surface area contributed by atoms with E-state index < -0.39 is 0 Å². The lowest BCUT2D eigenvalue weighted by Crippen LogP contribution is -2.44. The van der Waals surface area contributed by atoms with Crippen LogP contribution in [0.15, 0.2) is 66.4 Å². The monoisotopic (exact) mass is 517 g/mol. The molecule has 0 aromatic heterocycles. The fourth-order valence-corrected chi connectivity index (χ4v) is 5.18. The number of piperidine rings is 1. The zero-order chi connectivity index (χ0) is 27.3. The molecule has 1 aliphatic carbocycles. The van der Waals surface area contributed by atoms with Gasteiger partial charge in [0, 0.05) is 36.5 Å². The molecule has 1 saturated heterocycles. The number of ether oxygens (including phenoxy) is 2. The van der Waals surface area contributed by atoms with E-state index in [1.807, 2.05) is 24.3 Å². The van der Waals surface area contributed by atoms with Crippen LogP contribution < -0.4 is 20.1 Å². The second kappa shape index (κ2) is 11.9. The van der Waals surface area contributed by atoms with E-state index >= 15 is 0 Å². The fourth-order valence-electron chi connectivity index (χ4n) is 5.18. The average molecular weight is 518 g/mol. The van der Waals surface area contributed by atoms with E-state index in [9.17, 15) is 9.59 Å². The number of likely N-dealkylation sites (tertiary alicyclic amines) is 1. The largest absolute Gasteiger partial charge is 0.493 e. The molecule has 2 aliphatic rings. The van der Waals surface area contributed by atoms with Gasteiger partial charge in [-0.15, -0.1) is 0 Å². The summed E-state index contributed by atoms with van der Waals surface area (Å²) in [5, 5.41) is 5.99. The second-order valence-corrected chi connectivity index (χ2v) is 11.3. The van der Waals surface area contributed by atoms with Crippen LogP contribution in [0.3, 0.4) is 0 Å². The number of hydrogen-bond donors (Lipinski definition) is 2. The van der Waals surface area contributed by atoms with Gasteiger partial charge in [-0.2, -0.15) is 0 Å². The highest BCUT2D eigenvalue weighted by Crippen LogP contribution is 2.32. The summed E-state index contributed by atoms with van der Waals surface area (Å²) in [5.41, 5.74) is 2.97. The molecule has 2 unspecified atom stereocenters. The summed E-state index contributed by atoms with van der Waals surface area (Å²) in [6.45, 7) is 10.3. The molecule has 1 heterocycles. The molecule has 2 aromatic carbocycles. The standard InChI is InChI=1S/C31H39N3O4/c1-31(2,3)20-34-14-13-22-9-11-26(16-25(22)19-34)33-30(36)23-8-6-7-21(15-23)18-32-29(35)24-10-12-27(37-4)28(17-24)38-5/h6-12,15-17,22,25H,13-14,18-20H2,1-5H3,(H,32,35)(H,33,36). The van der Waals surface area contributed by atoms with Crippen LogP contribution in [-0.4, -0.2) is 50.6 Å². The van der Waals surface area contributed by atoms with Gasteiger partial charge in [0.05, 0.1) is 14.2 Å². The Kier molecular flexibility index (Phi) is 8.57. The van der Waals surface area contributed by atoms with Crippen molar-refractivity contribution < 1.29 is 19.1 Å². The van der Waals surface area contributed by atoms with E-state index in [1.54, 1.807) is 31.4 Å². The van der Waals surface area contributed by atoms with Crippen LogP contribution in [-0.2, 0) is 6.54 Å². The van der Waals surface area contributed by atoms with Crippen molar-refractivity contribution in [2.24, 2.45) is 17.3 Å². The van der Waals surface area contributed by atoms with Crippen LogP contribution in [0.2, 0.25) is 0 Å². The zero-order valence-electron chi connectivity index (χ0n) is 23.0. The smallest absolute Gasteiger partial charge is 0.255 e. The van der Waals surface area contributed by atoms with Crippen LogP contribution in [0.4, 0.5) is 0 Å². The number of rotatable bonds is 8. The highest BCUT2D eigenvalue weighted by Gasteiger charge is 2.30. The lowest BCUT2D eigenvalue weighted by molar-refractivity contribution is 0.0948. The van der Waals surface area contributed by atoms with Gasteiger partial charge in [-0.05, 0) is 72.2 Å². The summed E-state index contributed by atoms with van der Waals surface area (Å²) < 4.78 is 10.5. The summed E-state index contributed by atoms with van der Waals surface area (Å²) in [6, 6.07) is 12.3. The van der Waals surface area contributed by atoms with Crippen molar-refractivity contribution in [1.29, 1.82) is 0 Å². The Labute approximate surface area is 225 Å². The van der Waals surface area contributed by atoms with E-state index in [4.69, 9.17) is 9.47 Å². The number of benzene rings is 2. The molecule has 1 aliphatic heterocycles. The van der Waals surface area contributed by atoms with Crippen LogP contribution >= 0.6 is 0 Å². The number of allylic oxidation sites excluding steroid dienone is 2. The van der Waals surface area contributed by atoms with Gasteiger partial charge in [-0.25, -0.2) is 0 Å². The molecule has 4 rings (SSSR count). The Morgan fingerprint density at radius 2 is 1.74 bits per heavy atom. The molecule has 0 spiro atoms. The predicted molar refractivity (Wildman–Crippen MR) is 149 cm³/mol. The second-order valence-electron chi connectivity index (χ2n) is 11.3. The molecular weight excluding hydrogens is 478 g/mol. The van der Waals surface area contributed by atoms with Gasteiger partial charge in [-0.1, -0.05) is 45.1 Å². The van der Waals surface area contributed by atoms with E-state index in [0.29, 0.717) is 41.0 Å². The number of carbonyl (C=O) groups is 2.